The lowest BCUT2D eigenvalue weighted by atomic mass is 9.83. The van der Waals surface area contributed by atoms with Crippen molar-refractivity contribution in [3.8, 4) is 0 Å². The van der Waals surface area contributed by atoms with E-state index in [0.29, 0.717) is 16.7 Å². The van der Waals surface area contributed by atoms with Gasteiger partial charge in [-0.1, -0.05) is 6.42 Å². The van der Waals surface area contributed by atoms with E-state index in [1.165, 1.54) is 6.42 Å². The average molecular weight is 341 g/mol. The largest absolute Gasteiger partial charge is 0.364 e. The number of pyridine rings is 1. The van der Waals surface area contributed by atoms with E-state index < -0.39 is 0 Å². The number of nitrogens with one attached hydrogen (secondary N) is 3. The molecule has 7 heteroatoms. The maximum atomic E-state index is 12.2. The molecule has 2 aromatic rings. The van der Waals surface area contributed by atoms with E-state index in [1.54, 1.807) is 18.3 Å². The highest BCUT2D eigenvalue weighted by Gasteiger charge is 2.29. The minimum atomic E-state index is -0.233. The van der Waals surface area contributed by atoms with Crippen molar-refractivity contribution in [2.24, 2.45) is 5.92 Å². The van der Waals surface area contributed by atoms with Crippen molar-refractivity contribution in [1.82, 2.24) is 20.5 Å². The van der Waals surface area contributed by atoms with E-state index in [1.807, 2.05) is 0 Å². The average Bonchev–Trinajstić information content (AvgIpc) is 2.56. The number of fused-ring (bicyclic) bond motifs is 1. The molecular weight excluding hydrogens is 318 g/mol. The predicted molar refractivity (Wildman–Crippen MR) is 95.3 cm³/mol. The molecule has 2 fully saturated rings. The molecule has 0 radical (unpaired) electrons. The SMILES string of the molecule is O=C(NC1CCCC(Nc2n[nH]c(=O)c3cccnc23)C1)C1CCC1. The lowest BCUT2D eigenvalue weighted by Gasteiger charge is -2.33. The molecule has 132 valence electrons. The lowest BCUT2D eigenvalue weighted by Crippen LogP contribution is -2.45. The first-order valence-electron chi connectivity index (χ1n) is 9.11. The number of aromatic amines is 1. The Hall–Kier alpha value is -2.44. The van der Waals surface area contributed by atoms with E-state index in [9.17, 15) is 9.59 Å². The Morgan fingerprint density at radius 1 is 1.16 bits per heavy atom. The Morgan fingerprint density at radius 2 is 1.96 bits per heavy atom. The fourth-order valence-corrected chi connectivity index (χ4v) is 3.73. The van der Waals surface area contributed by atoms with Crippen LogP contribution in [0.5, 0.6) is 0 Å². The third-order valence-electron chi connectivity index (χ3n) is 5.38. The number of hydrogen-bond donors (Lipinski definition) is 3. The van der Waals surface area contributed by atoms with Crippen molar-refractivity contribution in [1.29, 1.82) is 0 Å². The second kappa shape index (κ2) is 6.82. The van der Waals surface area contributed by atoms with Crippen molar-refractivity contribution in [3.63, 3.8) is 0 Å². The second-order valence-electron chi connectivity index (χ2n) is 7.14. The Morgan fingerprint density at radius 3 is 2.76 bits per heavy atom. The number of H-pyrrole nitrogens is 1. The molecule has 0 aromatic carbocycles. The summed E-state index contributed by atoms with van der Waals surface area (Å²) in [7, 11) is 0. The fraction of sp³-hybridized carbons (Fsp3) is 0.556. The normalized spacial score (nSPS) is 23.8. The van der Waals surface area contributed by atoms with Gasteiger partial charge < -0.3 is 10.6 Å². The molecular formula is C18H23N5O2. The van der Waals surface area contributed by atoms with Gasteiger partial charge in [-0.05, 0) is 50.7 Å². The van der Waals surface area contributed by atoms with Gasteiger partial charge in [0.05, 0.1) is 5.39 Å². The molecule has 0 spiro atoms. The number of carbonyl (C=O) groups excluding carboxylic acids is 1. The van der Waals surface area contributed by atoms with Crippen LogP contribution in [-0.2, 0) is 4.79 Å². The summed E-state index contributed by atoms with van der Waals surface area (Å²) in [5.41, 5.74) is 0.356. The van der Waals surface area contributed by atoms with Gasteiger partial charge in [0.15, 0.2) is 5.82 Å². The Balaban J connectivity index is 1.45. The van der Waals surface area contributed by atoms with Crippen LogP contribution in [0, 0.1) is 5.92 Å². The maximum Gasteiger partial charge on any atom is 0.273 e. The van der Waals surface area contributed by atoms with Crippen molar-refractivity contribution in [3.05, 3.63) is 28.7 Å². The van der Waals surface area contributed by atoms with E-state index in [0.717, 1.165) is 38.5 Å². The summed E-state index contributed by atoms with van der Waals surface area (Å²) in [6, 6.07) is 3.91. The number of carbonyl (C=O) groups is 1. The molecule has 0 saturated heterocycles. The lowest BCUT2D eigenvalue weighted by molar-refractivity contribution is -0.128. The molecule has 2 aliphatic carbocycles. The Bertz CT molecular complexity index is 830. The highest BCUT2D eigenvalue weighted by atomic mass is 16.2. The molecule has 0 bridgehead atoms. The van der Waals surface area contributed by atoms with Crippen LogP contribution >= 0.6 is 0 Å². The predicted octanol–water partition coefficient (Wildman–Crippen LogP) is 1.96. The summed E-state index contributed by atoms with van der Waals surface area (Å²) < 4.78 is 0. The molecule has 2 atom stereocenters. The smallest absolute Gasteiger partial charge is 0.273 e. The van der Waals surface area contributed by atoms with Crippen molar-refractivity contribution >= 4 is 22.6 Å². The molecule has 7 nitrogen and oxygen atoms in total. The molecule has 2 saturated carbocycles. The van der Waals surface area contributed by atoms with Crippen molar-refractivity contribution in [2.45, 2.75) is 57.0 Å². The summed E-state index contributed by atoms with van der Waals surface area (Å²) >= 11 is 0. The summed E-state index contributed by atoms with van der Waals surface area (Å²) in [4.78, 5) is 28.3. The van der Waals surface area contributed by atoms with E-state index >= 15 is 0 Å². The summed E-state index contributed by atoms with van der Waals surface area (Å²) in [6.07, 6.45) is 8.86. The van der Waals surface area contributed by atoms with Gasteiger partial charge in [0.1, 0.15) is 5.52 Å². The molecule has 2 aromatic heterocycles. The van der Waals surface area contributed by atoms with Gasteiger partial charge in [-0.3, -0.25) is 14.6 Å². The van der Waals surface area contributed by atoms with Gasteiger partial charge in [-0.25, -0.2) is 5.10 Å². The number of rotatable bonds is 4. The van der Waals surface area contributed by atoms with Crippen molar-refractivity contribution in [2.75, 3.05) is 5.32 Å². The molecule has 2 unspecified atom stereocenters. The summed E-state index contributed by atoms with van der Waals surface area (Å²) in [5, 5.41) is 13.8. The third kappa shape index (κ3) is 3.36. The van der Waals surface area contributed by atoms with Gasteiger partial charge in [0.2, 0.25) is 5.91 Å². The number of hydrogen-bond acceptors (Lipinski definition) is 5. The number of aromatic nitrogens is 3. The van der Waals surface area contributed by atoms with Gasteiger partial charge in [-0.2, -0.15) is 5.10 Å². The molecule has 4 rings (SSSR count). The molecule has 3 N–H and O–H groups in total. The van der Waals surface area contributed by atoms with Crippen LogP contribution in [0.15, 0.2) is 23.1 Å². The van der Waals surface area contributed by atoms with Crippen molar-refractivity contribution < 1.29 is 4.79 Å². The van der Waals surface area contributed by atoms with Gasteiger partial charge in [-0.15, -0.1) is 0 Å². The highest BCUT2D eigenvalue weighted by molar-refractivity contribution is 5.86. The van der Waals surface area contributed by atoms with Crippen LogP contribution in [0.3, 0.4) is 0 Å². The van der Waals surface area contributed by atoms with Crippen LogP contribution in [0.4, 0.5) is 5.82 Å². The van der Waals surface area contributed by atoms with Crippen LogP contribution in [-0.4, -0.2) is 33.2 Å². The quantitative estimate of drug-likeness (QED) is 0.789. The zero-order chi connectivity index (χ0) is 17.2. The second-order valence-corrected chi connectivity index (χ2v) is 7.14. The minimum absolute atomic E-state index is 0.210. The summed E-state index contributed by atoms with van der Waals surface area (Å²) in [6.45, 7) is 0. The van der Waals surface area contributed by atoms with Crippen LogP contribution in [0.2, 0.25) is 0 Å². The first kappa shape index (κ1) is 16.1. The monoisotopic (exact) mass is 341 g/mol. The van der Waals surface area contributed by atoms with Crippen LogP contribution in [0.1, 0.15) is 44.9 Å². The van der Waals surface area contributed by atoms with E-state index in [-0.39, 0.29) is 29.5 Å². The Kier molecular flexibility index (Phi) is 4.38. The fourth-order valence-electron chi connectivity index (χ4n) is 3.73. The Labute approximate surface area is 145 Å². The highest BCUT2D eigenvalue weighted by Crippen LogP contribution is 2.28. The van der Waals surface area contributed by atoms with Gasteiger partial charge in [0, 0.05) is 24.2 Å². The number of nitrogens with zero attached hydrogens (tertiary/aromatic N) is 2. The standard InChI is InChI=1S/C18H23N5O2/c24-17(11-4-1-5-11)21-13-7-2-6-12(10-13)20-16-15-14(8-3-9-19-15)18(25)23-22-16/h3,8-9,11-13H,1-2,4-7,10H2,(H,20,22)(H,21,24)(H,23,25). The topological polar surface area (TPSA) is 99.8 Å². The zero-order valence-electron chi connectivity index (χ0n) is 14.1. The van der Waals surface area contributed by atoms with Gasteiger partial charge >= 0.3 is 0 Å². The van der Waals surface area contributed by atoms with Crippen LogP contribution in [0.25, 0.3) is 10.9 Å². The minimum Gasteiger partial charge on any atom is -0.364 e. The molecule has 2 heterocycles. The zero-order valence-corrected chi connectivity index (χ0v) is 14.1. The molecule has 2 aliphatic rings. The molecule has 0 aliphatic heterocycles. The van der Waals surface area contributed by atoms with Gasteiger partial charge in [0.25, 0.3) is 5.56 Å². The first-order chi connectivity index (χ1) is 12.2. The summed E-state index contributed by atoms with van der Waals surface area (Å²) in [5.74, 6) is 1.04. The van der Waals surface area contributed by atoms with Crippen LogP contribution < -0.4 is 16.2 Å². The third-order valence-corrected chi connectivity index (χ3v) is 5.38. The number of anilines is 1. The first-order valence-corrected chi connectivity index (χ1v) is 9.11. The van der Waals surface area contributed by atoms with E-state index in [2.05, 4.69) is 25.8 Å². The molecule has 1 amide bonds. The number of amides is 1. The molecule has 25 heavy (non-hydrogen) atoms. The van der Waals surface area contributed by atoms with E-state index in [4.69, 9.17) is 0 Å². The maximum absolute atomic E-state index is 12.2.